The molecule has 3 nitrogen and oxygen atoms in total. The van der Waals surface area contributed by atoms with Gasteiger partial charge in [0.15, 0.2) is 0 Å². The second kappa shape index (κ2) is 4.67. The Balaban J connectivity index is 2.64. The van der Waals surface area contributed by atoms with Crippen molar-refractivity contribution in [3.63, 3.8) is 0 Å². The van der Waals surface area contributed by atoms with Gasteiger partial charge < -0.3 is 5.73 Å². The van der Waals surface area contributed by atoms with Gasteiger partial charge in [0.25, 0.3) is 0 Å². The van der Waals surface area contributed by atoms with Crippen LogP contribution >= 0.6 is 11.8 Å². The number of thioether (sulfide) groups is 1. The van der Waals surface area contributed by atoms with Crippen molar-refractivity contribution in [3.8, 4) is 0 Å². The lowest BCUT2D eigenvalue weighted by atomic mass is 10.2. The van der Waals surface area contributed by atoms with E-state index in [2.05, 4.69) is 18.9 Å². The lowest BCUT2D eigenvalue weighted by Crippen LogP contribution is -2.01. The third-order valence-electron chi connectivity index (χ3n) is 2.17. The molecule has 0 aromatic carbocycles. The SMILES string of the molecule is Cc1nn(C)c(C)c1CSCCN. The Morgan fingerprint density at radius 3 is 2.62 bits per heavy atom. The van der Waals surface area contributed by atoms with Crippen molar-refractivity contribution >= 4 is 11.8 Å². The second-order valence-electron chi connectivity index (χ2n) is 3.11. The second-order valence-corrected chi connectivity index (χ2v) is 4.22. The van der Waals surface area contributed by atoms with Crippen molar-refractivity contribution in [2.24, 2.45) is 12.8 Å². The van der Waals surface area contributed by atoms with E-state index < -0.39 is 0 Å². The van der Waals surface area contributed by atoms with Crippen LogP contribution in [0.2, 0.25) is 0 Å². The summed E-state index contributed by atoms with van der Waals surface area (Å²) in [5, 5.41) is 4.36. The number of nitrogens with zero attached hydrogens (tertiary/aromatic N) is 2. The molecule has 0 amide bonds. The number of rotatable bonds is 4. The maximum atomic E-state index is 5.43. The Kier molecular flexibility index (Phi) is 3.81. The van der Waals surface area contributed by atoms with Crippen LogP contribution in [0.25, 0.3) is 0 Å². The first-order chi connectivity index (χ1) is 6.16. The topological polar surface area (TPSA) is 43.8 Å². The lowest BCUT2D eigenvalue weighted by Gasteiger charge is -2.00. The highest BCUT2D eigenvalue weighted by molar-refractivity contribution is 7.98. The highest BCUT2D eigenvalue weighted by Crippen LogP contribution is 2.18. The molecule has 1 heterocycles. The molecule has 1 aromatic rings. The molecule has 74 valence electrons. The van der Waals surface area contributed by atoms with Gasteiger partial charge in [-0.2, -0.15) is 16.9 Å². The van der Waals surface area contributed by atoms with E-state index >= 15 is 0 Å². The van der Waals surface area contributed by atoms with Crippen molar-refractivity contribution < 1.29 is 0 Å². The maximum absolute atomic E-state index is 5.43. The summed E-state index contributed by atoms with van der Waals surface area (Å²) in [7, 11) is 1.99. The zero-order valence-corrected chi connectivity index (χ0v) is 9.32. The van der Waals surface area contributed by atoms with Crippen molar-refractivity contribution in [3.05, 3.63) is 17.0 Å². The quantitative estimate of drug-likeness (QED) is 0.742. The van der Waals surface area contributed by atoms with Crippen LogP contribution in [0, 0.1) is 13.8 Å². The van der Waals surface area contributed by atoms with Gasteiger partial charge in [0.2, 0.25) is 0 Å². The summed E-state index contributed by atoms with van der Waals surface area (Å²) in [4.78, 5) is 0. The van der Waals surface area contributed by atoms with Crippen molar-refractivity contribution in [2.45, 2.75) is 19.6 Å². The first kappa shape index (κ1) is 10.6. The van der Waals surface area contributed by atoms with E-state index in [9.17, 15) is 0 Å². The van der Waals surface area contributed by atoms with Gasteiger partial charge in [-0.25, -0.2) is 0 Å². The molecular weight excluding hydrogens is 182 g/mol. The van der Waals surface area contributed by atoms with E-state index in [1.165, 1.54) is 11.3 Å². The van der Waals surface area contributed by atoms with E-state index in [1.54, 1.807) is 0 Å². The normalized spacial score (nSPS) is 10.8. The van der Waals surface area contributed by atoms with Gasteiger partial charge in [-0.15, -0.1) is 0 Å². The minimum Gasteiger partial charge on any atom is -0.330 e. The maximum Gasteiger partial charge on any atom is 0.0636 e. The smallest absolute Gasteiger partial charge is 0.0636 e. The number of nitrogens with two attached hydrogens (primary N) is 1. The third-order valence-corrected chi connectivity index (χ3v) is 3.18. The fourth-order valence-electron chi connectivity index (χ4n) is 1.28. The van der Waals surface area contributed by atoms with Gasteiger partial charge in [-0.1, -0.05) is 0 Å². The van der Waals surface area contributed by atoms with Crippen LogP contribution in [0.4, 0.5) is 0 Å². The zero-order valence-electron chi connectivity index (χ0n) is 8.50. The number of aryl methyl sites for hydroxylation is 2. The minimum atomic E-state index is 0.753. The summed E-state index contributed by atoms with van der Waals surface area (Å²) < 4.78 is 1.94. The molecule has 4 heteroatoms. The van der Waals surface area contributed by atoms with Crippen LogP contribution in [-0.4, -0.2) is 22.1 Å². The number of aromatic nitrogens is 2. The van der Waals surface area contributed by atoms with E-state index in [4.69, 9.17) is 5.73 Å². The van der Waals surface area contributed by atoms with Gasteiger partial charge >= 0.3 is 0 Å². The summed E-state index contributed by atoms with van der Waals surface area (Å²) in [6.07, 6.45) is 0. The van der Waals surface area contributed by atoms with Crippen LogP contribution in [0.5, 0.6) is 0 Å². The monoisotopic (exact) mass is 199 g/mol. The Labute approximate surface area is 83.7 Å². The molecule has 0 saturated heterocycles. The Morgan fingerprint density at radius 2 is 2.15 bits per heavy atom. The molecule has 0 fully saturated rings. The average molecular weight is 199 g/mol. The molecule has 1 aromatic heterocycles. The molecule has 0 aliphatic carbocycles. The summed E-state index contributed by atoms with van der Waals surface area (Å²) in [5.41, 5.74) is 9.20. The van der Waals surface area contributed by atoms with E-state index in [0.717, 1.165) is 23.7 Å². The molecule has 1 rings (SSSR count). The standard InChI is InChI=1S/C9H17N3S/c1-7-9(6-13-5-4-10)8(2)12(3)11-7/h4-6,10H2,1-3H3. The molecule has 0 radical (unpaired) electrons. The van der Waals surface area contributed by atoms with Crippen molar-refractivity contribution in [1.29, 1.82) is 0 Å². The molecule has 0 spiro atoms. The lowest BCUT2D eigenvalue weighted by molar-refractivity contribution is 0.730. The average Bonchev–Trinajstić information content (AvgIpc) is 2.32. The fraction of sp³-hybridized carbons (Fsp3) is 0.667. The summed E-state index contributed by atoms with van der Waals surface area (Å²) >= 11 is 1.87. The van der Waals surface area contributed by atoms with Crippen LogP contribution in [0.15, 0.2) is 0 Å². The van der Waals surface area contributed by atoms with Crippen LogP contribution in [0.3, 0.4) is 0 Å². The van der Waals surface area contributed by atoms with Crippen molar-refractivity contribution in [1.82, 2.24) is 9.78 Å². The highest BCUT2D eigenvalue weighted by atomic mass is 32.2. The highest BCUT2D eigenvalue weighted by Gasteiger charge is 2.08. The number of hydrogen-bond acceptors (Lipinski definition) is 3. The molecule has 0 unspecified atom stereocenters. The fourth-order valence-corrected chi connectivity index (χ4v) is 2.22. The first-order valence-electron chi connectivity index (χ1n) is 4.43. The molecule has 0 saturated carbocycles. The van der Waals surface area contributed by atoms with Gasteiger partial charge in [-0.05, 0) is 13.8 Å². The Hall–Kier alpha value is -0.480. The minimum absolute atomic E-state index is 0.753. The first-order valence-corrected chi connectivity index (χ1v) is 5.59. The van der Waals surface area contributed by atoms with Gasteiger partial charge in [0.1, 0.15) is 0 Å². The molecular formula is C9H17N3S. The predicted octanol–water partition coefficient (Wildman–Crippen LogP) is 1.23. The van der Waals surface area contributed by atoms with Crippen LogP contribution in [-0.2, 0) is 12.8 Å². The molecule has 0 atom stereocenters. The molecule has 2 N–H and O–H groups in total. The van der Waals surface area contributed by atoms with E-state index in [1.807, 2.05) is 23.5 Å². The van der Waals surface area contributed by atoms with Crippen LogP contribution in [0.1, 0.15) is 17.0 Å². The van der Waals surface area contributed by atoms with Gasteiger partial charge in [0, 0.05) is 36.4 Å². The van der Waals surface area contributed by atoms with Gasteiger partial charge in [-0.3, -0.25) is 4.68 Å². The summed E-state index contributed by atoms with van der Waals surface area (Å²) in [5.74, 6) is 2.05. The summed E-state index contributed by atoms with van der Waals surface area (Å²) in [6.45, 7) is 4.92. The Bertz CT molecular complexity index is 281. The number of hydrogen-bond donors (Lipinski definition) is 1. The molecule has 13 heavy (non-hydrogen) atoms. The molecule has 0 bridgehead atoms. The van der Waals surface area contributed by atoms with Crippen molar-refractivity contribution in [2.75, 3.05) is 12.3 Å². The summed E-state index contributed by atoms with van der Waals surface area (Å²) in [6, 6.07) is 0. The largest absolute Gasteiger partial charge is 0.330 e. The molecule has 0 aliphatic heterocycles. The van der Waals surface area contributed by atoms with Gasteiger partial charge in [0.05, 0.1) is 5.69 Å². The van der Waals surface area contributed by atoms with E-state index in [0.29, 0.717) is 0 Å². The van der Waals surface area contributed by atoms with Crippen LogP contribution < -0.4 is 5.73 Å². The third kappa shape index (κ3) is 2.48. The predicted molar refractivity (Wildman–Crippen MR) is 57.9 cm³/mol. The molecule has 0 aliphatic rings. The zero-order chi connectivity index (χ0) is 9.84. The van der Waals surface area contributed by atoms with E-state index in [-0.39, 0.29) is 0 Å². The Morgan fingerprint density at radius 1 is 1.46 bits per heavy atom.